The number of likely N-dealkylation sites (N-methyl/N-ethyl adjacent to an activating group) is 1. The standard InChI is InChI=1S/C18H23FN2O2/c1-11-12-6-7-14(19)13-8-9-21(16(12)13)10-15(11)20(5)17(22)23-18(2,3)4/h6-9,11,15H,10H2,1-5H3/t11?,15-/m1/s1. The first-order valence-corrected chi connectivity index (χ1v) is 7.92. The highest BCUT2D eigenvalue weighted by Gasteiger charge is 2.34. The van der Waals surface area contributed by atoms with Crippen LogP contribution in [-0.4, -0.2) is 34.3 Å². The molecule has 0 saturated carbocycles. The molecule has 0 aliphatic carbocycles. The Morgan fingerprint density at radius 1 is 1.35 bits per heavy atom. The van der Waals surface area contributed by atoms with E-state index in [4.69, 9.17) is 4.74 Å². The second-order valence-electron chi connectivity index (χ2n) is 7.31. The quantitative estimate of drug-likeness (QED) is 0.792. The molecule has 0 fully saturated rings. The normalized spacial score (nSPS) is 20.6. The molecule has 0 radical (unpaired) electrons. The third-order valence-corrected chi connectivity index (χ3v) is 4.53. The number of ether oxygens (including phenoxy) is 1. The zero-order chi connectivity index (χ0) is 16.9. The van der Waals surface area contributed by atoms with Crippen molar-refractivity contribution in [3.05, 3.63) is 35.8 Å². The Morgan fingerprint density at radius 3 is 2.70 bits per heavy atom. The van der Waals surface area contributed by atoms with Crippen LogP contribution in [0, 0.1) is 5.82 Å². The maximum atomic E-state index is 13.9. The van der Waals surface area contributed by atoms with Gasteiger partial charge >= 0.3 is 6.09 Å². The lowest BCUT2D eigenvalue weighted by Crippen LogP contribution is -2.46. The average Bonchev–Trinajstić information content (AvgIpc) is 2.87. The fourth-order valence-electron chi connectivity index (χ4n) is 3.33. The summed E-state index contributed by atoms with van der Waals surface area (Å²) in [6.45, 7) is 8.29. The number of hydrogen-bond donors (Lipinski definition) is 0. The number of nitrogens with zero attached hydrogens (tertiary/aromatic N) is 2. The smallest absolute Gasteiger partial charge is 0.410 e. The van der Waals surface area contributed by atoms with Crippen molar-refractivity contribution in [2.24, 2.45) is 0 Å². The minimum atomic E-state index is -0.523. The van der Waals surface area contributed by atoms with Crippen LogP contribution in [-0.2, 0) is 11.3 Å². The van der Waals surface area contributed by atoms with Crippen molar-refractivity contribution in [3.8, 4) is 0 Å². The van der Waals surface area contributed by atoms with Crippen LogP contribution in [0.4, 0.5) is 9.18 Å². The summed E-state index contributed by atoms with van der Waals surface area (Å²) in [5, 5.41) is 0.646. The van der Waals surface area contributed by atoms with Crippen molar-refractivity contribution in [2.45, 2.75) is 51.8 Å². The topological polar surface area (TPSA) is 34.5 Å². The summed E-state index contributed by atoms with van der Waals surface area (Å²) in [5.74, 6) is -0.0911. The lowest BCUT2D eigenvalue weighted by molar-refractivity contribution is 0.0181. The minimum absolute atomic E-state index is 0.0292. The van der Waals surface area contributed by atoms with Crippen LogP contribution in [0.5, 0.6) is 0 Å². The molecule has 1 amide bonds. The first-order valence-electron chi connectivity index (χ1n) is 7.92. The molecule has 0 N–H and O–H groups in total. The molecule has 1 aliphatic rings. The van der Waals surface area contributed by atoms with Crippen molar-refractivity contribution in [1.82, 2.24) is 9.47 Å². The highest BCUT2D eigenvalue weighted by atomic mass is 19.1. The first kappa shape index (κ1) is 15.8. The molecule has 4 nitrogen and oxygen atoms in total. The summed E-state index contributed by atoms with van der Waals surface area (Å²) in [6.07, 6.45) is 1.56. The lowest BCUT2D eigenvalue weighted by atomic mass is 9.88. The number of halogens is 1. The molecule has 1 aliphatic heterocycles. The van der Waals surface area contributed by atoms with E-state index in [2.05, 4.69) is 6.92 Å². The molecule has 1 aromatic heterocycles. The van der Waals surface area contributed by atoms with Crippen LogP contribution in [0.1, 0.15) is 39.2 Å². The molecular weight excluding hydrogens is 295 g/mol. The summed E-state index contributed by atoms with van der Waals surface area (Å²) in [7, 11) is 1.77. The van der Waals surface area contributed by atoms with E-state index in [1.807, 2.05) is 37.6 Å². The summed E-state index contributed by atoms with van der Waals surface area (Å²) in [6, 6.07) is 5.11. The van der Waals surface area contributed by atoms with Gasteiger partial charge in [-0.3, -0.25) is 0 Å². The van der Waals surface area contributed by atoms with Crippen molar-refractivity contribution in [1.29, 1.82) is 0 Å². The Labute approximate surface area is 135 Å². The van der Waals surface area contributed by atoms with Gasteiger partial charge in [0.2, 0.25) is 0 Å². The maximum absolute atomic E-state index is 13.9. The molecule has 5 heteroatoms. The molecule has 1 aromatic carbocycles. The zero-order valence-corrected chi connectivity index (χ0v) is 14.3. The monoisotopic (exact) mass is 318 g/mol. The van der Waals surface area contributed by atoms with E-state index in [1.54, 1.807) is 18.0 Å². The third-order valence-electron chi connectivity index (χ3n) is 4.53. The number of aromatic nitrogens is 1. The zero-order valence-electron chi connectivity index (χ0n) is 14.3. The van der Waals surface area contributed by atoms with E-state index in [0.717, 1.165) is 11.1 Å². The predicted molar refractivity (Wildman–Crippen MR) is 88.1 cm³/mol. The van der Waals surface area contributed by atoms with Gasteiger partial charge in [-0.15, -0.1) is 0 Å². The molecule has 0 saturated heterocycles. The van der Waals surface area contributed by atoms with E-state index in [9.17, 15) is 9.18 Å². The van der Waals surface area contributed by atoms with Gasteiger partial charge in [-0.05, 0) is 38.5 Å². The lowest BCUT2D eigenvalue weighted by Gasteiger charge is -2.38. The van der Waals surface area contributed by atoms with Crippen LogP contribution in [0.2, 0.25) is 0 Å². The number of benzene rings is 1. The summed E-state index contributed by atoms with van der Waals surface area (Å²) >= 11 is 0. The summed E-state index contributed by atoms with van der Waals surface area (Å²) < 4.78 is 21.4. The Balaban J connectivity index is 1.93. The fourth-order valence-corrected chi connectivity index (χ4v) is 3.33. The molecule has 124 valence electrons. The van der Waals surface area contributed by atoms with E-state index in [-0.39, 0.29) is 23.9 Å². The Bertz CT molecular complexity index is 760. The number of carbonyl (C=O) groups excluding carboxylic acids is 1. The third kappa shape index (κ3) is 2.69. The molecular formula is C18H23FN2O2. The van der Waals surface area contributed by atoms with Gasteiger partial charge in [-0.1, -0.05) is 13.0 Å². The predicted octanol–water partition coefficient (Wildman–Crippen LogP) is 4.13. The second kappa shape index (κ2) is 5.25. The van der Waals surface area contributed by atoms with Crippen molar-refractivity contribution >= 4 is 17.0 Å². The fraction of sp³-hybridized carbons (Fsp3) is 0.500. The van der Waals surface area contributed by atoms with Gasteiger partial charge in [-0.2, -0.15) is 0 Å². The van der Waals surface area contributed by atoms with Gasteiger partial charge in [0.25, 0.3) is 0 Å². The first-order chi connectivity index (χ1) is 10.7. The van der Waals surface area contributed by atoms with E-state index >= 15 is 0 Å². The van der Waals surface area contributed by atoms with Crippen LogP contribution in [0.25, 0.3) is 10.9 Å². The minimum Gasteiger partial charge on any atom is -0.444 e. The molecule has 0 spiro atoms. The number of amides is 1. The largest absolute Gasteiger partial charge is 0.444 e. The van der Waals surface area contributed by atoms with Gasteiger partial charge in [0, 0.05) is 31.1 Å². The van der Waals surface area contributed by atoms with Gasteiger partial charge in [0.05, 0.1) is 11.6 Å². The number of rotatable bonds is 1. The number of carbonyl (C=O) groups is 1. The van der Waals surface area contributed by atoms with E-state index in [1.165, 1.54) is 6.07 Å². The molecule has 1 unspecified atom stereocenters. The van der Waals surface area contributed by atoms with Gasteiger partial charge in [0.15, 0.2) is 0 Å². The number of hydrogen-bond acceptors (Lipinski definition) is 2. The Hall–Kier alpha value is -2.04. The molecule has 23 heavy (non-hydrogen) atoms. The molecule has 0 bridgehead atoms. The highest BCUT2D eigenvalue weighted by Crippen LogP contribution is 2.36. The SMILES string of the molecule is CC1c2ccc(F)c3ccn(c23)C[C@H]1N(C)C(=O)OC(C)(C)C. The van der Waals surface area contributed by atoms with Gasteiger partial charge < -0.3 is 14.2 Å². The van der Waals surface area contributed by atoms with Crippen LogP contribution in [0.15, 0.2) is 24.4 Å². The molecule has 2 heterocycles. The van der Waals surface area contributed by atoms with Gasteiger partial charge in [-0.25, -0.2) is 9.18 Å². The molecule has 2 aromatic rings. The average molecular weight is 318 g/mol. The van der Waals surface area contributed by atoms with Crippen molar-refractivity contribution < 1.29 is 13.9 Å². The van der Waals surface area contributed by atoms with E-state index in [0.29, 0.717) is 11.9 Å². The van der Waals surface area contributed by atoms with Gasteiger partial charge in [0.1, 0.15) is 11.4 Å². The van der Waals surface area contributed by atoms with Crippen LogP contribution >= 0.6 is 0 Å². The molecule has 3 rings (SSSR count). The summed E-state index contributed by atoms with van der Waals surface area (Å²) in [5.41, 5.74) is 1.48. The second-order valence-corrected chi connectivity index (χ2v) is 7.31. The Kier molecular flexibility index (Phi) is 3.62. The van der Waals surface area contributed by atoms with Crippen LogP contribution < -0.4 is 0 Å². The van der Waals surface area contributed by atoms with Crippen molar-refractivity contribution in [3.63, 3.8) is 0 Å². The maximum Gasteiger partial charge on any atom is 0.410 e. The van der Waals surface area contributed by atoms with E-state index < -0.39 is 5.60 Å². The summed E-state index contributed by atoms with van der Waals surface area (Å²) in [4.78, 5) is 14.0. The van der Waals surface area contributed by atoms with Crippen LogP contribution in [0.3, 0.4) is 0 Å². The van der Waals surface area contributed by atoms with Crippen molar-refractivity contribution in [2.75, 3.05) is 7.05 Å². The Morgan fingerprint density at radius 2 is 2.04 bits per heavy atom. The highest BCUT2D eigenvalue weighted by molar-refractivity contribution is 5.85. The molecule has 2 atom stereocenters.